The van der Waals surface area contributed by atoms with Gasteiger partial charge in [-0.15, -0.1) is 0 Å². The summed E-state index contributed by atoms with van der Waals surface area (Å²) < 4.78 is 11.1. The second-order valence-electron chi connectivity index (χ2n) is 16.3. The summed E-state index contributed by atoms with van der Waals surface area (Å²) in [6.45, 7) is 3.60. The van der Waals surface area contributed by atoms with E-state index in [1.165, 1.54) is 141 Å². The molecule has 322 valence electrons. The van der Waals surface area contributed by atoms with Gasteiger partial charge in [-0.25, -0.2) is 0 Å². The van der Waals surface area contributed by atoms with Crippen molar-refractivity contribution in [1.82, 2.24) is 5.32 Å². The maximum Gasteiger partial charge on any atom is 0.220 e. The van der Waals surface area contributed by atoms with Crippen molar-refractivity contribution in [2.75, 3.05) is 13.2 Å². The Bertz CT molecular complexity index is 834. The van der Waals surface area contributed by atoms with Crippen molar-refractivity contribution in [2.45, 2.75) is 262 Å². The smallest absolute Gasteiger partial charge is 0.220 e. The monoisotopic (exact) mass is 774 g/mol. The molecule has 1 saturated heterocycles. The van der Waals surface area contributed by atoms with Crippen molar-refractivity contribution < 1.29 is 44.9 Å². The summed E-state index contributed by atoms with van der Waals surface area (Å²) in [4.78, 5) is 13.0. The van der Waals surface area contributed by atoms with E-state index in [0.717, 1.165) is 44.9 Å². The van der Waals surface area contributed by atoms with Crippen molar-refractivity contribution in [3.8, 4) is 0 Å². The Labute approximate surface area is 330 Å². The first-order valence-corrected chi connectivity index (χ1v) is 22.8. The minimum absolute atomic E-state index is 0.255. The number of hydrogen-bond donors (Lipinski definition) is 7. The lowest BCUT2D eigenvalue weighted by Gasteiger charge is -2.40. The largest absolute Gasteiger partial charge is 0.394 e. The predicted octanol–water partition coefficient (Wildman–Crippen LogP) is 8.14. The van der Waals surface area contributed by atoms with Gasteiger partial charge in [-0.2, -0.15) is 0 Å². The number of rotatable bonds is 38. The van der Waals surface area contributed by atoms with Crippen molar-refractivity contribution in [2.24, 2.45) is 0 Å². The first-order valence-electron chi connectivity index (χ1n) is 22.8. The molecule has 1 fully saturated rings. The second-order valence-corrected chi connectivity index (χ2v) is 16.3. The van der Waals surface area contributed by atoms with Crippen LogP contribution >= 0.6 is 0 Å². The lowest BCUT2D eigenvalue weighted by molar-refractivity contribution is -0.303. The van der Waals surface area contributed by atoms with E-state index in [1.54, 1.807) is 0 Å². The van der Waals surface area contributed by atoms with Crippen LogP contribution in [0.3, 0.4) is 0 Å². The van der Waals surface area contributed by atoms with E-state index in [9.17, 15) is 35.4 Å². The van der Waals surface area contributed by atoms with Gasteiger partial charge in [0, 0.05) is 6.42 Å². The van der Waals surface area contributed by atoms with E-state index >= 15 is 0 Å². The van der Waals surface area contributed by atoms with Crippen molar-refractivity contribution in [3.63, 3.8) is 0 Å². The van der Waals surface area contributed by atoms with Crippen LogP contribution in [-0.4, -0.2) is 98.7 Å². The zero-order chi connectivity index (χ0) is 39.7. The van der Waals surface area contributed by atoms with E-state index in [4.69, 9.17) is 9.47 Å². The highest BCUT2D eigenvalue weighted by atomic mass is 16.7. The molecule has 10 heteroatoms. The molecule has 7 N–H and O–H groups in total. The number of carbonyl (C=O) groups excluding carboxylic acids is 1. The van der Waals surface area contributed by atoms with Crippen LogP contribution in [0.2, 0.25) is 0 Å². The van der Waals surface area contributed by atoms with E-state index < -0.39 is 55.6 Å². The highest BCUT2D eigenvalue weighted by Crippen LogP contribution is 2.23. The molecule has 0 aromatic carbocycles. The molecule has 0 spiro atoms. The normalized spacial score (nSPS) is 22.0. The number of ether oxygens (including phenoxy) is 2. The molecule has 54 heavy (non-hydrogen) atoms. The van der Waals surface area contributed by atoms with Crippen LogP contribution in [0, 0.1) is 0 Å². The molecule has 8 atom stereocenters. The molecule has 1 heterocycles. The van der Waals surface area contributed by atoms with Gasteiger partial charge >= 0.3 is 0 Å². The zero-order valence-electron chi connectivity index (χ0n) is 34.9. The molecule has 0 aromatic heterocycles. The van der Waals surface area contributed by atoms with Gasteiger partial charge < -0.3 is 45.4 Å². The molecule has 0 aromatic rings. The van der Waals surface area contributed by atoms with Gasteiger partial charge in [-0.1, -0.05) is 194 Å². The Hall–Kier alpha value is -0.850. The number of hydrogen-bond acceptors (Lipinski definition) is 9. The number of aliphatic hydroxyl groups is 6. The zero-order valence-corrected chi connectivity index (χ0v) is 34.9. The minimum atomic E-state index is -1.60. The fourth-order valence-electron chi connectivity index (χ4n) is 7.55. The molecule has 2 unspecified atom stereocenters. The summed E-state index contributed by atoms with van der Waals surface area (Å²) in [7, 11) is 0. The molecule has 0 radical (unpaired) electrons. The number of amides is 1. The third kappa shape index (κ3) is 25.4. The quantitative estimate of drug-likeness (QED) is 0.0306. The van der Waals surface area contributed by atoms with Crippen LogP contribution < -0.4 is 5.32 Å². The second kappa shape index (κ2) is 35.3. The van der Waals surface area contributed by atoms with Gasteiger partial charge in [-0.3, -0.25) is 4.79 Å². The number of aliphatic hydroxyl groups excluding tert-OH is 6. The number of unbranched alkanes of at least 4 members (excludes halogenated alkanes) is 27. The first-order chi connectivity index (χ1) is 26.3. The van der Waals surface area contributed by atoms with E-state index in [1.807, 2.05) is 0 Å². The third-order valence-corrected chi connectivity index (χ3v) is 11.3. The fourth-order valence-corrected chi connectivity index (χ4v) is 7.55. The lowest BCUT2D eigenvalue weighted by atomic mass is 9.98. The van der Waals surface area contributed by atoms with Crippen LogP contribution in [0.1, 0.15) is 213 Å². The summed E-state index contributed by atoms with van der Waals surface area (Å²) in [5.74, 6) is -0.255. The molecule has 0 bridgehead atoms. The van der Waals surface area contributed by atoms with Crippen molar-refractivity contribution in [3.05, 3.63) is 0 Å². The Morgan fingerprint density at radius 1 is 0.574 bits per heavy atom. The van der Waals surface area contributed by atoms with Crippen molar-refractivity contribution >= 4 is 5.91 Å². The van der Waals surface area contributed by atoms with Crippen LogP contribution in [-0.2, 0) is 14.3 Å². The molecule has 1 rings (SSSR count). The Kier molecular flexibility index (Phi) is 33.5. The summed E-state index contributed by atoms with van der Waals surface area (Å²) in [6, 6.07) is -0.983. The van der Waals surface area contributed by atoms with Gasteiger partial charge in [0.05, 0.1) is 25.4 Å². The topological polar surface area (TPSA) is 169 Å². The Balaban J connectivity index is 2.34. The third-order valence-electron chi connectivity index (χ3n) is 11.3. The molecule has 1 aliphatic heterocycles. The molecule has 10 nitrogen and oxygen atoms in total. The SMILES string of the molecule is CCCCCCCCCCCCCCCCCCCCCC(=O)N[C@@H](CO[C@@H]1O[C@H](CO)[C@H](O)C(O)C1O)[C@H](O)[C@H](O)CCCCCCCCCCCC. The van der Waals surface area contributed by atoms with Gasteiger partial charge in [0.15, 0.2) is 6.29 Å². The number of carbonyl (C=O) groups is 1. The predicted molar refractivity (Wildman–Crippen MR) is 218 cm³/mol. The van der Waals surface area contributed by atoms with E-state index in [0.29, 0.717) is 6.42 Å². The average molecular weight is 774 g/mol. The van der Waals surface area contributed by atoms with Gasteiger partial charge in [0.25, 0.3) is 0 Å². The summed E-state index contributed by atoms with van der Waals surface area (Å²) in [5, 5.41) is 65.0. The Morgan fingerprint density at radius 3 is 1.37 bits per heavy atom. The van der Waals surface area contributed by atoms with Crippen LogP contribution in [0.15, 0.2) is 0 Å². The first kappa shape index (κ1) is 51.2. The molecular weight excluding hydrogens is 686 g/mol. The van der Waals surface area contributed by atoms with Gasteiger partial charge in [0.2, 0.25) is 5.91 Å². The molecule has 1 amide bonds. The summed E-state index contributed by atoms with van der Waals surface area (Å²) in [5.41, 5.74) is 0. The molecule has 0 aliphatic carbocycles. The van der Waals surface area contributed by atoms with E-state index in [2.05, 4.69) is 19.2 Å². The lowest BCUT2D eigenvalue weighted by Crippen LogP contribution is -2.60. The Morgan fingerprint density at radius 2 is 0.963 bits per heavy atom. The van der Waals surface area contributed by atoms with Gasteiger partial charge in [-0.05, 0) is 12.8 Å². The van der Waals surface area contributed by atoms with Crippen LogP contribution in [0.5, 0.6) is 0 Å². The molecule has 1 aliphatic rings. The standard InChI is InChI=1S/C44H87NO9/c1-3-5-7-9-11-13-15-16-17-18-19-20-21-22-23-25-27-29-31-33-39(48)45-36(35-53-44-43(52)42(51)41(50)38(34-46)54-44)40(49)37(47)32-30-28-26-24-14-12-10-8-6-4-2/h36-38,40-44,46-47,49-52H,3-35H2,1-2H3,(H,45,48)/t36-,37+,38+,40-,41-,42?,43?,44+/m0/s1. The summed E-state index contributed by atoms with van der Waals surface area (Å²) in [6.07, 6.45) is 26.9. The molecular formula is C44H87NO9. The fraction of sp³-hybridized carbons (Fsp3) is 0.977. The van der Waals surface area contributed by atoms with E-state index in [-0.39, 0.29) is 18.9 Å². The minimum Gasteiger partial charge on any atom is -0.394 e. The highest BCUT2D eigenvalue weighted by Gasteiger charge is 2.44. The maximum atomic E-state index is 13.0. The van der Waals surface area contributed by atoms with Crippen molar-refractivity contribution in [1.29, 1.82) is 0 Å². The molecule has 0 saturated carbocycles. The average Bonchev–Trinajstić information content (AvgIpc) is 3.17. The number of nitrogens with one attached hydrogen (secondary N) is 1. The summed E-state index contributed by atoms with van der Waals surface area (Å²) >= 11 is 0. The van der Waals surface area contributed by atoms with Gasteiger partial charge in [0.1, 0.15) is 30.5 Å². The van der Waals surface area contributed by atoms with Crippen LogP contribution in [0.4, 0.5) is 0 Å². The maximum absolute atomic E-state index is 13.0. The highest BCUT2D eigenvalue weighted by molar-refractivity contribution is 5.76. The van der Waals surface area contributed by atoms with Crippen LogP contribution in [0.25, 0.3) is 0 Å².